The molecule has 0 radical (unpaired) electrons. The Balaban J connectivity index is 2.06. The number of rotatable bonds is 5. The van der Waals surface area contributed by atoms with Gasteiger partial charge < -0.3 is 14.5 Å². The van der Waals surface area contributed by atoms with Crippen LogP contribution in [0.5, 0.6) is 5.75 Å². The molecule has 1 aromatic carbocycles. The highest BCUT2D eigenvalue weighted by atomic mass is 19.1. The first-order valence-corrected chi connectivity index (χ1v) is 6.22. The SMILES string of the molecule is CNCc1oc(COc2cc(F)ccc2C)cc1C. The number of hydrogen-bond acceptors (Lipinski definition) is 3. The summed E-state index contributed by atoms with van der Waals surface area (Å²) in [4.78, 5) is 0. The molecular formula is C15H18FNO2. The summed E-state index contributed by atoms with van der Waals surface area (Å²) < 4.78 is 24.4. The molecule has 4 heteroatoms. The highest BCUT2D eigenvalue weighted by molar-refractivity contribution is 5.32. The topological polar surface area (TPSA) is 34.4 Å². The molecule has 0 spiro atoms. The fourth-order valence-electron chi connectivity index (χ4n) is 1.88. The molecule has 1 heterocycles. The van der Waals surface area contributed by atoms with E-state index in [0.29, 0.717) is 18.9 Å². The highest BCUT2D eigenvalue weighted by Crippen LogP contribution is 2.21. The van der Waals surface area contributed by atoms with Crippen molar-refractivity contribution in [2.45, 2.75) is 27.0 Å². The highest BCUT2D eigenvalue weighted by Gasteiger charge is 2.08. The second kappa shape index (κ2) is 5.89. The van der Waals surface area contributed by atoms with Crippen molar-refractivity contribution in [1.29, 1.82) is 0 Å². The van der Waals surface area contributed by atoms with E-state index in [0.717, 1.165) is 22.6 Å². The molecule has 0 bridgehead atoms. The van der Waals surface area contributed by atoms with Gasteiger partial charge in [0.2, 0.25) is 0 Å². The lowest BCUT2D eigenvalue weighted by Gasteiger charge is -2.07. The Bertz CT molecular complexity index is 563. The summed E-state index contributed by atoms with van der Waals surface area (Å²) in [5.41, 5.74) is 1.99. The van der Waals surface area contributed by atoms with Gasteiger partial charge >= 0.3 is 0 Å². The molecule has 0 amide bonds. The van der Waals surface area contributed by atoms with Crippen molar-refractivity contribution in [2.75, 3.05) is 7.05 Å². The quantitative estimate of drug-likeness (QED) is 0.898. The molecule has 0 aliphatic rings. The summed E-state index contributed by atoms with van der Waals surface area (Å²) in [6.07, 6.45) is 0. The van der Waals surface area contributed by atoms with E-state index in [4.69, 9.17) is 9.15 Å². The maximum atomic E-state index is 13.1. The number of ether oxygens (including phenoxy) is 1. The number of halogens is 1. The van der Waals surface area contributed by atoms with Gasteiger partial charge in [-0.05, 0) is 44.2 Å². The van der Waals surface area contributed by atoms with Crippen LogP contribution in [0.3, 0.4) is 0 Å². The molecule has 3 nitrogen and oxygen atoms in total. The van der Waals surface area contributed by atoms with E-state index in [1.165, 1.54) is 12.1 Å². The number of hydrogen-bond donors (Lipinski definition) is 1. The lowest BCUT2D eigenvalue weighted by molar-refractivity contribution is 0.262. The minimum atomic E-state index is -0.299. The van der Waals surface area contributed by atoms with Crippen molar-refractivity contribution in [2.24, 2.45) is 0 Å². The van der Waals surface area contributed by atoms with Crippen molar-refractivity contribution < 1.29 is 13.5 Å². The maximum Gasteiger partial charge on any atom is 0.146 e. The smallest absolute Gasteiger partial charge is 0.146 e. The molecule has 19 heavy (non-hydrogen) atoms. The second-order valence-corrected chi connectivity index (χ2v) is 4.55. The molecule has 0 aliphatic heterocycles. The Morgan fingerprint density at radius 1 is 1.21 bits per heavy atom. The number of benzene rings is 1. The van der Waals surface area contributed by atoms with Gasteiger partial charge in [-0.1, -0.05) is 6.07 Å². The first-order chi connectivity index (χ1) is 9.10. The Labute approximate surface area is 112 Å². The van der Waals surface area contributed by atoms with Crippen LogP contribution in [-0.2, 0) is 13.2 Å². The van der Waals surface area contributed by atoms with Crippen molar-refractivity contribution in [1.82, 2.24) is 5.32 Å². The third-order valence-corrected chi connectivity index (χ3v) is 2.93. The van der Waals surface area contributed by atoms with Crippen LogP contribution in [0.25, 0.3) is 0 Å². The van der Waals surface area contributed by atoms with Crippen LogP contribution >= 0.6 is 0 Å². The summed E-state index contributed by atoms with van der Waals surface area (Å²) in [6.45, 7) is 4.86. The Morgan fingerprint density at radius 2 is 2.00 bits per heavy atom. The normalized spacial score (nSPS) is 10.7. The zero-order chi connectivity index (χ0) is 13.8. The summed E-state index contributed by atoms with van der Waals surface area (Å²) in [7, 11) is 1.87. The largest absolute Gasteiger partial charge is 0.485 e. The van der Waals surface area contributed by atoms with Crippen LogP contribution in [0.4, 0.5) is 4.39 Å². The molecule has 2 rings (SSSR count). The van der Waals surface area contributed by atoms with Crippen molar-refractivity contribution >= 4 is 0 Å². The summed E-state index contributed by atoms with van der Waals surface area (Å²) in [6, 6.07) is 6.45. The molecule has 1 aromatic heterocycles. The molecule has 0 atom stereocenters. The van der Waals surface area contributed by atoms with Gasteiger partial charge in [-0.2, -0.15) is 0 Å². The average Bonchev–Trinajstić information content (AvgIpc) is 2.72. The molecule has 0 saturated carbocycles. The van der Waals surface area contributed by atoms with Gasteiger partial charge in [0.25, 0.3) is 0 Å². The Kier molecular flexibility index (Phi) is 4.22. The lowest BCUT2D eigenvalue weighted by atomic mass is 10.2. The van der Waals surface area contributed by atoms with Crippen molar-refractivity contribution in [3.8, 4) is 5.75 Å². The van der Waals surface area contributed by atoms with Crippen LogP contribution in [0.1, 0.15) is 22.6 Å². The van der Waals surface area contributed by atoms with E-state index in [9.17, 15) is 4.39 Å². The molecule has 0 unspecified atom stereocenters. The first-order valence-electron chi connectivity index (χ1n) is 6.22. The summed E-state index contributed by atoms with van der Waals surface area (Å²) >= 11 is 0. The standard InChI is InChI=1S/C15H18FNO2/c1-10-4-5-12(16)7-14(10)18-9-13-6-11(2)15(19-13)8-17-3/h4-7,17H,8-9H2,1-3H3. The van der Waals surface area contributed by atoms with Gasteiger partial charge in [-0.25, -0.2) is 4.39 Å². The third kappa shape index (κ3) is 3.35. The molecule has 102 valence electrons. The molecule has 0 fully saturated rings. The first kappa shape index (κ1) is 13.6. The molecule has 0 saturated heterocycles. The summed E-state index contributed by atoms with van der Waals surface area (Å²) in [5, 5.41) is 3.04. The minimum Gasteiger partial charge on any atom is -0.485 e. The van der Waals surface area contributed by atoms with Gasteiger partial charge in [0, 0.05) is 6.07 Å². The fraction of sp³-hybridized carbons (Fsp3) is 0.333. The molecule has 1 N–H and O–H groups in total. The Morgan fingerprint density at radius 3 is 2.74 bits per heavy atom. The number of aryl methyl sites for hydroxylation is 2. The van der Waals surface area contributed by atoms with Crippen LogP contribution in [-0.4, -0.2) is 7.05 Å². The van der Waals surface area contributed by atoms with Gasteiger partial charge in [-0.15, -0.1) is 0 Å². The number of nitrogens with one attached hydrogen (secondary N) is 1. The minimum absolute atomic E-state index is 0.299. The fourth-order valence-corrected chi connectivity index (χ4v) is 1.88. The van der Waals surface area contributed by atoms with Crippen molar-refractivity contribution in [3.05, 3.63) is 52.7 Å². The van der Waals surface area contributed by atoms with Gasteiger partial charge in [0.1, 0.15) is 29.7 Å². The molecule has 0 aliphatic carbocycles. The van der Waals surface area contributed by atoms with Crippen LogP contribution in [0, 0.1) is 19.7 Å². The van der Waals surface area contributed by atoms with Crippen molar-refractivity contribution in [3.63, 3.8) is 0 Å². The van der Waals surface area contributed by atoms with Gasteiger partial charge in [0.15, 0.2) is 0 Å². The van der Waals surface area contributed by atoms with E-state index >= 15 is 0 Å². The molecular weight excluding hydrogens is 245 g/mol. The Hall–Kier alpha value is -1.81. The van der Waals surface area contributed by atoms with E-state index in [2.05, 4.69) is 5.32 Å². The third-order valence-electron chi connectivity index (χ3n) is 2.93. The zero-order valence-electron chi connectivity index (χ0n) is 11.4. The van der Waals surface area contributed by atoms with E-state index in [1.807, 2.05) is 27.0 Å². The van der Waals surface area contributed by atoms with E-state index in [-0.39, 0.29) is 5.82 Å². The van der Waals surface area contributed by atoms with Crippen LogP contribution in [0.15, 0.2) is 28.7 Å². The average molecular weight is 263 g/mol. The maximum absolute atomic E-state index is 13.1. The molecule has 2 aromatic rings. The van der Waals surface area contributed by atoms with Gasteiger partial charge in [0.05, 0.1) is 6.54 Å². The second-order valence-electron chi connectivity index (χ2n) is 4.55. The predicted molar refractivity (Wildman–Crippen MR) is 71.7 cm³/mol. The predicted octanol–water partition coefficient (Wildman–Crippen LogP) is 3.33. The monoisotopic (exact) mass is 263 g/mol. The summed E-state index contributed by atoms with van der Waals surface area (Å²) in [5.74, 6) is 1.89. The van der Waals surface area contributed by atoms with E-state index < -0.39 is 0 Å². The van der Waals surface area contributed by atoms with Gasteiger partial charge in [-0.3, -0.25) is 0 Å². The van der Waals surface area contributed by atoms with E-state index in [1.54, 1.807) is 6.07 Å². The lowest BCUT2D eigenvalue weighted by Crippen LogP contribution is -2.04. The zero-order valence-corrected chi connectivity index (χ0v) is 11.4. The number of furan rings is 1. The van der Waals surface area contributed by atoms with Crippen LogP contribution in [0.2, 0.25) is 0 Å². The van der Waals surface area contributed by atoms with Crippen LogP contribution < -0.4 is 10.1 Å².